The van der Waals surface area contributed by atoms with Crippen LogP contribution in [0.25, 0.3) is 0 Å². The first-order valence-electron chi connectivity index (χ1n) is 12.5. The molecule has 1 nitrogen and oxygen atoms in total. The standard InChI is InChI=1S/C28H49N/c1-27(2,3)21-19-25(23-29-26-17-10-7-11-18-26)16-12-13-20-28(4,5)22-24-14-8-6-9-15-24/h6,8-9,14-15,25-26,29H,7,10-13,16-23H2,1-5H3. The van der Waals surface area contributed by atoms with Gasteiger partial charge in [-0.05, 0) is 73.8 Å². The lowest BCUT2D eigenvalue weighted by Gasteiger charge is -2.28. The molecule has 1 saturated carbocycles. The van der Waals surface area contributed by atoms with Crippen molar-refractivity contribution >= 4 is 0 Å². The van der Waals surface area contributed by atoms with Crippen LogP contribution >= 0.6 is 0 Å². The van der Waals surface area contributed by atoms with Gasteiger partial charge >= 0.3 is 0 Å². The zero-order valence-corrected chi connectivity index (χ0v) is 20.2. The van der Waals surface area contributed by atoms with Crippen molar-refractivity contribution in [1.29, 1.82) is 0 Å². The molecule has 1 fully saturated rings. The molecule has 1 aromatic carbocycles. The molecule has 0 radical (unpaired) electrons. The third-order valence-electron chi connectivity index (χ3n) is 6.84. The smallest absolute Gasteiger partial charge is 0.00671 e. The second-order valence-electron chi connectivity index (χ2n) is 11.8. The van der Waals surface area contributed by atoms with Gasteiger partial charge in [0.25, 0.3) is 0 Å². The Morgan fingerprint density at radius 3 is 2.21 bits per heavy atom. The molecular weight excluding hydrogens is 350 g/mol. The van der Waals surface area contributed by atoms with E-state index in [1.807, 2.05) is 0 Å². The Morgan fingerprint density at radius 1 is 0.862 bits per heavy atom. The maximum Gasteiger partial charge on any atom is 0.00671 e. The van der Waals surface area contributed by atoms with E-state index in [2.05, 4.69) is 70.3 Å². The largest absolute Gasteiger partial charge is 0.314 e. The maximum absolute atomic E-state index is 3.95. The first-order valence-corrected chi connectivity index (χ1v) is 12.5. The predicted molar refractivity (Wildman–Crippen MR) is 129 cm³/mol. The average Bonchev–Trinajstić information content (AvgIpc) is 2.67. The van der Waals surface area contributed by atoms with Gasteiger partial charge < -0.3 is 5.32 Å². The summed E-state index contributed by atoms with van der Waals surface area (Å²) in [6, 6.07) is 11.8. The van der Waals surface area contributed by atoms with Crippen molar-refractivity contribution in [2.45, 2.75) is 118 Å². The molecule has 1 heteroatoms. The monoisotopic (exact) mass is 399 g/mol. The molecule has 0 amide bonds. The lowest BCUT2D eigenvalue weighted by atomic mass is 9.80. The summed E-state index contributed by atoms with van der Waals surface area (Å²) in [5, 5.41) is 3.95. The van der Waals surface area contributed by atoms with E-state index in [1.54, 1.807) is 0 Å². The minimum absolute atomic E-state index is 0.405. The predicted octanol–water partition coefficient (Wildman–Crippen LogP) is 8.18. The number of hydrogen-bond donors (Lipinski definition) is 1. The van der Waals surface area contributed by atoms with Gasteiger partial charge in [-0.15, -0.1) is 0 Å². The molecule has 0 saturated heterocycles. The SMILES string of the molecule is CC(C)(C)CCC(CCCCC(C)(C)Cc1ccccc1)CNC1CCCCC1. The van der Waals surface area contributed by atoms with E-state index in [4.69, 9.17) is 0 Å². The highest BCUT2D eigenvalue weighted by atomic mass is 14.9. The van der Waals surface area contributed by atoms with E-state index in [0.29, 0.717) is 10.8 Å². The molecular formula is C28H49N. The fourth-order valence-corrected chi connectivity index (χ4v) is 4.90. The van der Waals surface area contributed by atoms with Crippen molar-refractivity contribution in [3.8, 4) is 0 Å². The summed E-state index contributed by atoms with van der Waals surface area (Å²) < 4.78 is 0. The fourth-order valence-electron chi connectivity index (χ4n) is 4.90. The van der Waals surface area contributed by atoms with Gasteiger partial charge in [0.15, 0.2) is 0 Å². The van der Waals surface area contributed by atoms with Crippen molar-refractivity contribution in [3.05, 3.63) is 35.9 Å². The van der Waals surface area contributed by atoms with Crippen molar-refractivity contribution in [2.75, 3.05) is 6.54 Å². The Hall–Kier alpha value is -0.820. The fraction of sp³-hybridized carbons (Fsp3) is 0.786. The molecule has 1 aromatic rings. The number of nitrogens with one attached hydrogen (secondary N) is 1. The molecule has 0 spiro atoms. The lowest BCUT2D eigenvalue weighted by molar-refractivity contribution is 0.272. The van der Waals surface area contributed by atoms with Crippen molar-refractivity contribution in [2.24, 2.45) is 16.7 Å². The van der Waals surface area contributed by atoms with Crippen LogP contribution < -0.4 is 5.32 Å². The Kier molecular flexibility index (Phi) is 10.2. The Bertz CT molecular complexity index is 533. The first kappa shape index (κ1) is 24.4. The van der Waals surface area contributed by atoms with Crippen LogP contribution in [0.4, 0.5) is 0 Å². The maximum atomic E-state index is 3.95. The highest BCUT2D eigenvalue weighted by Gasteiger charge is 2.20. The first-order chi connectivity index (χ1) is 13.7. The third-order valence-corrected chi connectivity index (χ3v) is 6.84. The molecule has 1 aliphatic rings. The topological polar surface area (TPSA) is 12.0 Å². The van der Waals surface area contributed by atoms with Crippen LogP contribution in [-0.4, -0.2) is 12.6 Å². The van der Waals surface area contributed by atoms with E-state index in [9.17, 15) is 0 Å². The molecule has 29 heavy (non-hydrogen) atoms. The van der Waals surface area contributed by atoms with Crippen LogP contribution in [-0.2, 0) is 6.42 Å². The van der Waals surface area contributed by atoms with Crippen molar-refractivity contribution in [1.82, 2.24) is 5.32 Å². The van der Waals surface area contributed by atoms with Gasteiger partial charge in [-0.1, -0.05) is 97.1 Å². The molecule has 0 bridgehead atoms. The molecule has 0 heterocycles. The second kappa shape index (κ2) is 12.1. The second-order valence-corrected chi connectivity index (χ2v) is 11.8. The summed E-state index contributed by atoms with van der Waals surface area (Å²) in [5.41, 5.74) is 2.35. The molecule has 1 aliphatic carbocycles. The van der Waals surface area contributed by atoms with Crippen molar-refractivity contribution < 1.29 is 0 Å². The van der Waals surface area contributed by atoms with Crippen molar-refractivity contribution in [3.63, 3.8) is 0 Å². The van der Waals surface area contributed by atoms with Crippen LogP contribution in [0.1, 0.15) is 111 Å². The highest BCUT2D eigenvalue weighted by Crippen LogP contribution is 2.30. The third kappa shape index (κ3) is 11.2. The van der Waals surface area contributed by atoms with E-state index >= 15 is 0 Å². The number of unbranched alkanes of at least 4 members (excludes halogenated alkanes) is 1. The van der Waals surface area contributed by atoms with E-state index in [-0.39, 0.29) is 0 Å². The zero-order valence-electron chi connectivity index (χ0n) is 20.2. The summed E-state index contributed by atoms with van der Waals surface area (Å²) in [5.74, 6) is 0.855. The summed E-state index contributed by atoms with van der Waals surface area (Å²) in [6.45, 7) is 13.3. The summed E-state index contributed by atoms with van der Waals surface area (Å²) in [6.07, 6.45) is 16.5. The van der Waals surface area contributed by atoms with Gasteiger partial charge in [-0.3, -0.25) is 0 Å². The van der Waals surface area contributed by atoms with Gasteiger partial charge in [-0.25, -0.2) is 0 Å². The number of rotatable bonds is 12. The van der Waals surface area contributed by atoms with Crippen LogP contribution in [0.3, 0.4) is 0 Å². The average molecular weight is 400 g/mol. The zero-order chi connectivity index (χ0) is 21.2. The minimum Gasteiger partial charge on any atom is -0.314 e. The van der Waals surface area contributed by atoms with Crippen LogP contribution in [0.2, 0.25) is 0 Å². The van der Waals surface area contributed by atoms with Gasteiger partial charge in [-0.2, -0.15) is 0 Å². The highest BCUT2D eigenvalue weighted by molar-refractivity contribution is 5.16. The summed E-state index contributed by atoms with van der Waals surface area (Å²) in [4.78, 5) is 0. The van der Waals surface area contributed by atoms with Crippen LogP contribution in [0.5, 0.6) is 0 Å². The lowest BCUT2D eigenvalue weighted by Crippen LogP contribution is -2.35. The number of hydrogen-bond acceptors (Lipinski definition) is 1. The molecule has 166 valence electrons. The molecule has 1 N–H and O–H groups in total. The quantitative estimate of drug-likeness (QED) is 0.349. The van der Waals surface area contributed by atoms with Gasteiger partial charge in [0.1, 0.15) is 0 Å². The molecule has 1 atom stereocenters. The summed E-state index contributed by atoms with van der Waals surface area (Å²) in [7, 11) is 0. The van der Waals surface area contributed by atoms with Gasteiger partial charge in [0, 0.05) is 6.04 Å². The number of benzene rings is 1. The summed E-state index contributed by atoms with van der Waals surface area (Å²) >= 11 is 0. The van der Waals surface area contributed by atoms with Gasteiger partial charge in [0.2, 0.25) is 0 Å². The molecule has 2 rings (SSSR count). The Balaban J connectivity index is 1.73. The van der Waals surface area contributed by atoms with Crippen LogP contribution in [0, 0.1) is 16.7 Å². The molecule has 1 unspecified atom stereocenters. The van der Waals surface area contributed by atoms with E-state index in [0.717, 1.165) is 12.0 Å². The van der Waals surface area contributed by atoms with Crippen LogP contribution in [0.15, 0.2) is 30.3 Å². The van der Waals surface area contributed by atoms with Gasteiger partial charge in [0.05, 0.1) is 0 Å². The van der Waals surface area contributed by atoms with E-state index < -0.39 is 0 Å². The Labute approximate surface area is 182 Å². The minimum atomic E-state index is 0.405. The molecule has 0 aliphatic heterocycles. The molecule has 0 aromatic heterocycles. The normalized spacial score (nSPS) is 17.4. The van der Waals surface area contributed by atoms with E-state index in [1.165, 1.54) is 89.2 Å². The Morgan fingerprint density at radius 2 is 1.55 bits per heavy atom.